The van der Waals surface area contributed by atoms with E-state index in [0.717, 1.165) is 5.92 Å². The fourth-order valence-corrected chi connectivity index (χ4v) is 2.29. The lowest BCUT2D eigenvalue weighted by atomic mass is 9.92. The molecule has 17 heavy (non-hydrogen) atoms. The molecule has 0 heterocycles. The van der Waals surface area contributed by atoms with Gasteiger partial charge in [0.1, 0.15) is 0 Å². The van der Waals surface area contributed by atoms with E-state index in [1.165, 1.54) is 37.8 Å². The van der Waals surface area contributed by atoms with Crippen LogP contribution in [0.5, 0.6) is 0 Å². The summed E-state index contributed by atoms with van der Waals surface area (Å²) in [6.45, 7) is 6.92. The molecule has 0 radical (unpaired) electrons. The Balaban J connectivity index is 2.53. The van der Waals surface area contributed by atoms with E-state index in [9.17, 15) is 0 Å². The third-order valence-electron chi connectivity index (χ3n) is 3.43. The summed E-state index contributed by atoms with van der Waals surface area (Å²) in [5.41, 5.74) is 1.26. The van der Waals surface area contributed by atoms with Crippen LogP contribution in [0.4, 0.5) is 5.69 Å². The summed E-state index contributed by atoms with van der Waals surface area (Å²) in [4.78, 5) is 0. The van der Waals surface area contributed by atoms with Crippen LogP contribution in [0.25, 0.3) is 0 Å². The molecule has 0 amide bonds. The molecule has 1 aromatic carbocycles. The number of hydrogen-bond acceptors (Lipinski definition) is 1. The Labute approximate surface area is 107 Å². The molecule has 1 nitrogen and oxygen atoms in total. The van der Waals surface area contributed by atoms with Gasteiger partial charge >= 0.3 is 0 Å². The van der Waals surface area contributed by atoms with Gasteiger partial charge in [-0.05, 0) is 30.9 Å². The molecule has 0 spiro atoms. The van der Waals surface area contributed by atoms with Crippen molar-refractivity contribution in [1.82, 2.24) is 0 Å². The Morgan fingerprint density at radius 3 is 2.29 bits per heavy atom. The predicted octanol–water partition coefficient (Wildman–Crippen LogP) is 5.09. The van der Waals surface area contributed by atoms with Crippen LogP contribution < -0.4 is 5.32 Å². The van der Waals surface area contributed by atoms with Crippen LogP contribution in [0.3, 0.4) is 0 Å². The van der Waals surface area contributed by atoms with E-state index in [0.29, 0.717) is 6.04 Å². The second-order valence-corrected chi connectivity index (χ2v) is 5.03. The van der Waals surface area contributed by atoms with Crippen LogP contribution >= 0.6 is 0 Å². The molecular formula is C16H27N. The standard InChI is InChI=1S/C16H27N/c1-4-6-11-14(3)16(10-5-2)17-15-12-8-7-9-13-15/h7-9,12-14,16-17H,4-6,10-11H2,1-3H3/t14-,16-/m1/s1. The summed E-state index contributed by atoms with van der Waals surface area (Å²) >= 11 is 0. The fourth-order valence-electron chi connectivity index (χ4n) is 2.29. The molecule has 96 valence electrons. The Morgan fingerprint density at radius 2 is 1.71 bits per heavy atom. The minimum Gasteiger partial charge on any atom is -0.382 e. The molecule has 0 aromatic heterocycles. The SMILES string of the molecule is CCCC[C@@H](C)[C@@H](CCC)Nc1ccccc1. The highest BCUT2D eigenvalue weighted by atomic mass is 14.9. The molecule has 0 saturated heterocycles. The fraction of sp³-hybridized carbons (Fsp3) is 0.625. The molecule has 0 bridgehead atoms. The van der Waals surface area contributed by atoms with Gasteiger partial charge in [-0.25, -0.2) is 0 Å². The highest BCUT2D eigenvalue weighted by molar-refractivity contribution is 5.43. The van der Waals surface area contributed by atoms with E-state index in [4.69, 9.17) is 0 Å². The van der Waals surface area contributed by atoms with Crippen LogP contribution in [0.15, 0.2) is 30.3 Å². The van der Waals surface area contributed by atoms with Crippen molar-refractivity contribution in [3.05, 3.63) is 30.3 Å². The van der Waals surface area contributed by atoms with E-state index in [1.54, 1.807) is 0 Å². The summed E-state index contributed by atoms with van der Waals surface area (Å²) in [6, 6.07) is 11.2. The van der Waals surface area contributed by atoms with E-state index in [2.05, 4.69) is 56.4 Å². The van der Waals surface area contributed by atoms with Crippen LogP contribution in [0, 0.1) is 5.92 Å². The lowest BCUT2D eigenvalue weighted by Gasteiger charge is -2.26. The maximum absolute atomic E-state index is 3.69. The zero-order valence-electron chi connectivity index (χ0n) is 11.6. The second kappa shape index (κ2) is 8.16. The van der Waals surface area contributed by atoms with Crippen molar-refractivity contribution >= 4 is 5.69 Å². The molecular weight excluding hydrogens is 206 g/mol. The monoisotopic (exact) mass is 233 g/mol. The van der Waals surface area contributed by atoms with Crippen molar-refractivity contribution in [2.45, 2.75) is 58.9 Å². The minimum atomic E-state index is 0.619. The normalized spacial score (nSPS) is 14.3. The number of benzene rings is 1. The molecule has 0 aliphatic rings. The number of hydrogen-bond donors (Lipinski definition) is 1. The van der Waals surface area contributed by atoms with Gasteiger partial charge in [-0.3, -0.25) is 0 Å². The maximum Gasteiger partial charge on any atom is 0.0342 e. The first-order valence-corrected chi connectivity index (χ1v) is 7.09. The molecule has 0 aliphatic heterocycles. The van der Waals surface area contributed by atoms with Crippen molar-refractivity contribution in [2.75, 3.05) is 5.32 Å². The predicted molar refractivity (Wildman–Crippen MR) is 77.4 cm³/mol. The second-order valence-electron chi connectivity index (χ2n) is 5.03. The average Bonchev–Trinajstić information content (AvgIpc) is 2.36. The molecule has 0 unspecified atom stereocenters. The van der Waals surface area contributed by atoms with E-state index >= 15 is 0 Å². The number of para-hydroxylation sites is 1. The van der Waals surface area contributed by atoms with Crippen LogP contribution in [-0.2, 0) is 0 Å². The number of rotatable bonds is 8. The molecule has 0 aliphatic carbocycles. The Bertz CT molecular complexity index is 281. The summed E-state index contributed by atoms with van der Waals surface area (Å²) in [5, 5.41) is 3.69. The summed E-state index contributed by atoms with van der Waals surface area (Å²) < 4.78 is 0. The van der Waals surface area contributed by atoms with E-state index < -0.39 is 0 Å². The van der Waals surface area contributed by atoms with E-state index in [-0.39, 0.29) is 0 Å². The highest BCUT2D eigenvalue weighted by Crippen LogP contribution is 2.20. The lowest BCUT2D eigenvalue weighted by Crippen LogP contribution is -2.27. The van der Waals surface area contributed by atoms with Gasteiger partial charge in [-0.2, -0.15) is 0 Å². The lowest BCUT2D eigenvalue weighted by molar-refractivity contribution is 0.413. The molecule has 1 rings (SSSR count). The van der Waals surface area contributed by atoms with Gasteiger partial charge in [-0.15, -0.1) is 0 Å². The van der Waals surface area contributed by atoms with Crippen molar-refractivity contribution < 1.29 is 0 Å². The minimum absolute atomic E-state index is 0.619. The van der Waals surface area contributed by atoms with Gasteiger partial charge in [0.05, 0.1) is 0 Å². The third-order valence-corrected chi connectivity index (χ3v) is 3.43. The molecule has 1 N–H and O–H groups in total. The highest BCUT2D eigenvalue weighted by Gasteiger charge is 2.15. The van der Waals surface area contributed by atoms with Crippen LogP contribution in [-0.4, -0.2) is 6.04 Å². The van der Waals surface area contributed by atoms with Crippen LogP contribution in [0.1, 0.15) is 52.9 Å². The number of anilines is 1. The summed E-state index contributed by atoms with van der Waals surface area (Å²) in [6.07, 6.45) is 6.49. The Kier molecular flexibility index (Phi) is 6.76. The molecule has 0 saturated carbocycles. The van der Waals surface area contributed by atoms with Crippen molar-refractivity contribution in [3.63, 3.8) is 0 Å². The maximum atomic E-state index is 3.69. The number of nitrogens with one attached hydrogen (secondary N) is 1. The van der Waals surface area contributed by atoms with Crippen molar-refractivity contribution in [2.24, 2.45) is 5.92 Å². The van der Waals surface area contributed by atoms with Gasteiger partial charge < -0.3 is 5.32 Å². The van der Waals surface area contributed by atoms with Gasteiger partial charge in [0.25, 0.3) is 0 Å². The first kappa shape index (κ1) is 14.1. The zero-order valence-corrected chi connectivity index (χ0v) is 11.6. The van der Waals surface area contributed by atoms with Gasteiger partial charge in [0.15, 0.2) is 0 Å². The van der Waals surface area contributed by atoms with Crippen LogP contribution in [0.2, 0.25) is 0 Å². The zero-order chi connectivity index (χ0) is 12.5. The van der Waals surface area contributed by atoms with Gasteiger partial charge in [-0.1, -0.05) is 58.2 Å². The summed E-state index contributed by atoms with van der Waals surface area (Å²) in [7, 11) is 0. The largest absolute Gasteiger partial charge is 0.382 e. The summed E-state index contributed by atoms with van der Waals surface area (Å²) in [5.74, 6) is 0.759. The molecule has 1 aromatic rings. The number of unbranched alkanes of at least 4 members (excludes halogenated alkanes) is 1. The van der Waals surface area contributed by atoms with Crippen molar-refractivity contribution in [3.8, 4) is 0 Å². The first-order valence-electron chi connectivity index (χ1n) is 7.09. The molecule has 1 heteroatoms. The van der Waals surface area contributed by atoms with Gasteiger partial charge in [0, 0.05) is 11.7 Å². The Hall–Kier alpha value is -0.980. The first-order chi connectivity index (χ1) is 8.27. The molecule has 0 fully saturated rings. The Morgan fingerprint density at radius 1 is 1.00 bits per heavy atom. The van der Waals surface area contributed by atoms with Crippen molar-refractivity contribution in [1.29, 1.82) is 0 Å². The third kappa shape index (κ3) is 5.25. The quantitative estimate of drug-likeness (QED) is 0.659. The smallest absolute Gasteiger partial charge is 0.0342 e. The topological polar surface area (TPSA) is 12.0 Å². The average molecular weight is 233 g/mol. The molecule has 2 atom stereocenters. The van der Waals surface area contributed by atoms with E-state index in [1.807, 2.05) is 0 Å². The van der Waals surface area contributed by atoms with Gasteiger partial charge in [0.2, 0.25) is 0 Å².